The van der Waals surface area contributed by atoms with Gasteiger partial charge in [-0.15, -0.1) is 0 Å². The highest BCUT2D eigenvalue weighted by molar-refractivity contribution is 6.10. The van der Waals surface area contributed by atoms with E-state index in [1.165, 1.54) is 0 Å². The molecule has 0 unspecified atom stereocenters. The van der Waals surface area contributed by atoms with Crippen molar-refractivity contribution in [1.82, 2.24) is 19.5 Å². The number of hydrogen-bond acceptors (Lipinski definition) is 2. The Hall–Kier alpha value is -6.80. The highest BCUT2D eigenvalue weighted by atomic mass is 15.0. The number of aryl methyl sites for hydroxylation is 4. The van der Waals surface area contributed by atoms with E-state index < -0.39 is 0 Å². The van der Waals surface area contributed by atoms with Crippen LogP contribution in [0.4, 0.5) is 0 Å². The number of nitrogens with zero attached hydrogens (tertiary/aromatic N) is 7. The number of hydrogen-bond donors (Lipinski definition) is 1. The van der Waals surface area contributed by atoms with Crippen molar-refractivity contribution in [2.75, 3.05) is 0 Å². The highest BCUT2D eigenvalue weighted by Gasteiger charge is 2.29. The summed E-state index contributed by atoms with van der Waals surface area (Å²) < 4.78 is 11.5. The van der Waals surface area contributed by atoms with Crippen LogP contribution in [0.2, 0.25) is 0 Å². The Morgan fingerprint density at radius 1 is 0.500 bits per heavy atom. The standard InChI is InChI=1S/C48H46N8/c1-5-52-23-9-13-34(30-52)45-43-22-21-40(51-43)28-39-18-17-37(49-39)27-38-19-20-41(50-38)29-44-46(35-14-10-24-53(6-2)31-35)47(36-15-11-25-54(7-3)32-36)48(45)56(44)42-16-12-26-55(8-4)33-42/h9-33,49H,5-8H2,1-4H3/q+4. The molecule has 8 nitrogen and oxygen atoms in total. The monoisotopic (exact) mass is 734 g/mol. The summed E-state index contributed by atoms with van der Waals surface area (Å²) in [6, 6.07) is 28.2. The molecule has 56 heavy (non-hydrogen) atoms. The molecule has 274 valence electrons. The molecule has 0 amide bonds. The smallest absolute Gasteiger partial charge is 0.193 e. The first kappa shape index (κ1) is 34.9. The lowest BCUT2D eigenvalue weighted by atomic mass is 9.94. The van der Waals surface area contributed by atoms with Crippen molar-refractivity contribution in [2.45, 2.75) is 53.9 Å². The number of aromatic amines is 1. The molecule has 0 aromatic carbocycles. The van der Waals surface area contributed by atoms with Crippen molar-refractivity contribution in [3.63, 3.8) is 0 Å². The zero-order chi connectivity index (χ0) is 38.2. The number of H-pyrrole nitrogens is 1. The van der Waals surface area contributed by atoms with Crippen molar-refractivity contribution in [3.05, 3.63) is 151 Å². The normalized spacial score (nSPS) is 12.1. The van der Waals surface area contributed by atoms with Gasteiger partial charge in [0.1, 0.15) is 31.9 Å². The topological polar surface area (TPSA) is 62.0 Å². The van der Waals surface area contributed by atoms with Gasteiger partial charge in [-0.3, -0.25) is 0 Å². The van der Waals surface area contributed by atoms with Crippen LogP contribution in [0, 0.1) is 0 Å². The maximum absolute atomic E-state index is 5.42. The van der Waals surface area contributed by atoms with Gasteiger partial charge in [0.15, 0.2) is 49.6 Å². The molecule has 9 rings (SSSR count). The second-order valence-corrected chi connectivity index (χ2v) is 14.2. The molecular weight excluding hydrogens is 689 g/mol. The third-order valence-corrected chi connectivity index (χ3v) is 10.7. The first-order valence-corrected chi connectivity index (χ1v) is 19.7. The summed E-state index contributed by atoms with van der Waals surface area (Å²) in [7, 11) is 0. The van der Waals surface area contributed by atoms with Crippen LogP contribution >= 0.6 is 0 Å². The molecule has 0 spiro atoms. The molecule has 0 saturated heterocycles. The van der Waals surface area contributed by atoms with Crippen molar-refractivity contribution >= 4 is 46.4 Å². The van der Waals surface area contributed by atoms with Crippen LogP contribution in [0.15, 0.2) is 128 Å². The second-order valence-electron chi connectivity index (χ2n) is 14.2. The summed E-state index contributed by atoms with van der Waals surface area (Å²) in [6.07, 6.45) is 26.2. The molecule has 0 aliphatic carbocycles. The average Bonchev–Trinajstić information content (AvgIpc) is 4.06. The lowest BCUT2D eigenvalue weighted by Gasteiger charge is -2.12. The Morgan fingerprint density at radius 2 is 0.982 bits per heavy atom. The Balaban J connectivity index is 1.62. The second kappa shape index (κ2) is 14.8. The lowest BCUT2D eigenvalue weighted by molar-refractivity contribution is -0.693. The predicted octanol–water partition coefficient (Wildman–Crippen LogP) is 8.35. The maximum Gasteiger partial charge on any atom is 0.193 e. The van der Waals surface area contributed by atoms with Gasteiger partial charge in [-0.05, 0) is 107 Å². The van der Waals surface area contributed by atoms with E-state index in [0.717, 1.165) is 110 Å². The fourth-order valence-electron chi connectivity index (χ4n) is 7.86. The number of pyridine rings is 4. The zero-order valence-electron chi connectivity index (χ0n) is 32.4. The van der Waals surface area contributed by atoms with E-state index in [0.29, 0.717) is 0 Å². The van der Waals surface area contributed by atoms with E-state index in [1.54, 1.807) is 0 Å². The molecule has 2 aliphatic rings. The minimum Gasteiger partial charge on any atom is -0.355 e. The van der Waals surface area contributed by atoms with Crippen LogP contribution in [-0.2, 0) is 26.2 Å². The Bertz CT molecular complexity index is 2870. The summed E-state index contributed by atoms with van der Waals surface area (Å²) in [4.78, 5) is 14.2. The van der Waals surface area contributed by atoms with Crippen molar-refractivity contribution < 1.29 is 18.3 Å². The molecule has 8 heteroatoms. The number of fused-ring (bicyclic) bond motifs is 8. The van der Waals surface area contributed by atoms with E-state index >= 15 is 0 Å². The minimum atomic E-state index is 0.840. The van der Waals surface area contributed by atoms with Crippen LogP contribution in [-0.4, -0.2) is 19.5 Å². The van der Waals surface area contributed by atoms with Gasteiger partial charge in [-0.25, -0.2) is 28.2 Å². The molecule has 0 saturated carbocycles. The maximum atomic E-state index is 5.42. The van der Waals surface area contributed by atoms with E-state index in [2.05, 4.69) is 208 Å². The van der Waals surface area contributed by atoms with Crippen molar-refractivity contribution in [3.8, 4) is 39.1 Å². The zero-order valence-corrected chi connectivity index (χ0v) is 32.4. The van der Waals surface area contributed by atoms with Gasteiger partial charge < -0.3 is 9.55 Å². The number of aromatic nitrogens is 8. The molecule has 0 radical (unpaired) electrons. The van der Waals surface area contributed by atoms with Gasteiger partial charge in [0.2, 0.25) is 0 Å². The fraction of sp³-hybridized carbons (Fsp3) is 0.167. The molecule has 9 heterocycles. The largest absolute Gasteiger partial charge is 0.355 e. The highest BCUT2D eigenvalue weighted by Crippen LogP contribution is 2.46. The Kier molecular flexibility index (Phi) is 9.23. The molecule has 7 aromatic heterocycles. The lowest BCUT2D eigenvalue weighted by Crippen LogP contribution is -2.31. The van der Waals surface area contributed by atoms with E-state index in [-0.39, 0.29) is 0 Å². The summed E-state index contributed by atoms with van der Waals surface area (Å²) in [5.41, 5.74) is 15.3. The van der Waals surface area contributed by atoms with Gasteiger partial charge >= 0.3 is 0 Å². The molecule has 0 fully saturated rings. The van der Waals surface area contributed by atoms with Crippen molar-refractivity contribution in [1.29, 1.82) is 0 Å². The minimum absolute atomic E-state index is 0.840. The molecule has 8 bridgehead atoms. The van der Waals surface area contributed by atoms with Gasteiger partial charge in [0.05, 0.1) is 33.8 Å². The summed E-state index contributed by atoms with van der Waals surface area (Å²) in [6.45, 7) is 12.1. The van der Waals surface area contributed by atoms with Crippen LogP contribution in [0.3, 0.4) is 0 Å². The Labute approximate surface area is 327 Å². The summed E-state index contributed by atoms with van der Waals surface area (Å²) in [5, 5.41) is 0. The number of nitrogens with one attached hydrogen (secondary N) is 1. The van der Waals surface area contributed by atoms with Crippen LogP contribution in [0.25, 0.3) is 85.4 Å². The van der Waals surface area contributed by atoms with E-state index in [4.69, 9.17) is 9.97 Å². The Morgan fingerprint density at radius 3 is 1.57 bits per heavy atom. The molecular formula is C48H46N8+4. The quantitative estimate of drug-likeness (QED) is 0.160. The van der Waals surface area contributed by atoms with E-state index in [9.17, 15) is 0 Å². The van der Waals surface area contributed by atoms with Crippen LogP contribution in [0.5, 0.6) is 0 Å². The predicted molar refractivity (Wildman–Crippen MR) is 224 cm³/mol. The van der Waals surface area contributed by atoms with E-state index in [1.807, 2.05) is 0 Å². The fourth-order valence-corrected chi connectivity index (χ4v) is 7.86. The van der Waals surface area contributed by atoms with Gasteiger partial charge in [-0.2, -0.15) is 0 Å². The summed E-state index contributed by atoms with van der Waals surface area (Å²) >= 11 is 0. The average molecular weight is 735 g/mol. The van der Waals surface area contributed by atoms with Crippen molar-refractivity contribution in [2.24, 2.45) is 0 Å². The van der Waals surface area contributed by atoms with Gasteiger partial charge in [0, 0.05) is 68.7 Å². The molecule has 2 aliphatic heterocycles. The summed E-state index contributed by atoms with van der Waals surface area (Å²) in [5.74, 6) is 0. The van der Waals surface area contributed by atoms with Gasteiger partial charge in [-0.1, -0.05) is 0 Å². The molecule has 7 aromatic rings. The molecule has 1 N–H and O–H groups in total. The first-order valence-electron chi connectivity index (χ1n) is 19.7. The third-order valence-electron chi connectivity index (χ3n) is 10.7. The molecule has 0 atom stereocenters. The number of rotatable bonds is 8. The third kappa shape index (κ3) is 6.53. The van der Waals surface area contributed by atoms with Crippen LogP contribution in [0.1, 0.15) is 50.5 Å². The SMILES string of the molecule is CC[n+]1cccc(-c2c(-c3ccc[n+](CC)c3)c3c(-c4ccc[n+](CC)c4)c4nc(cc5ccc(cc6nc(cc2n3-c2ccc[n+](CC)c2)C=C6)[nH]5)C=C4)c1. The first-order chi connectivity index (χ1) is 27.5. The van der Waals surface area contributed by atoms with Crippen LogP contribution < -0.4 is 18.3 Å². The van der Waals surface area contributed by atoms with Gasteiger partial charge in [0.25, 0.3) is 0 Å².